The number of rotatable bonds is 7. The zero-order valence-corrected chi connectivity index (χ0v) is 12.4. The van der Waals surface area contributed by atoms with Gasteiger partial charge in [0.1, 0.15) is 12.2 Å². The summed E-state index contributed by atoms with van der Waals surface area (Å²) in [5.74, 6) is 2.04. The van der Waals surface area contributed by atoms with E-state index in [1.807, 2.05) is 4.68 Å². The van der Waals surface area contributed by atoms with Gasteiger partial charge in [-0.05, 0) is 25.8 Å². The molecule has 19 heavy (non-hydrogen) atoms. The number of aromatic nitrogens is 3. The van der Waals surface area contributed by atoms with Gasteiger partial charge in [0.25, 0.3) is 0 Å². The Morgan fingerprint density at radius 3 is 2.79 bits per heavy atom. The number of nitrogens with one attached hydrogen (secondary N) is 1. The first-order valence-corrected chi connectivity index (χ1v) is 7.93. The molecule has 0 aliphatic heterocycles. The molecule has 1 aliphatic carbocycles. The van der Waals surface area contributed by atoms with E-state index in [4.69, 9.17) is 0 Å². The molecule has 4 heteroatoms. The molecule has 1 atom stereocenters. The average Bonchev–Trinajstić information content (AvgIpc) is 2.87. The highest BCUT2D eigenvalue weighted by Gasteiger charge is 2.20. The van der Waals surface area contributed by atoms with E-state index in [9.17, 15) is 0 Å². The standard InChI is InChI=1S/C15H28N4/c1-3-16-14(10-13-8-6-5-7-9-13)11-15-17-12-18-19(15)4-2/h12-14,16H,3-11H2,1-2H3. The van der Waals surface area contributed by atoms with E-state index in [1.165, 1.54) is 38.5 Å². The van der Waals surface area contributed by atoms with E-state index >= 15 is 0 Å². The minimum absolute atomic E-state index is 0.558. The van der Waals surface area contributed by atoms with Crippen molar-refractivity contribution in [2.24, 2.45) is 5.92 Å². The molecule has 4 nitrogen and oxygen atoms in total. The fraction of sp³-hybridized carbons (Fsp3) is 0.867. The van der Waals surface area contributed by atoms with Crippen molar-refractivity contribution in [2.45, 2.75) is 71.4 Å². The van der Waals surface area contributed by atoms with Gasteiger partial charge in [-0.25, -0.2) is 4.98 Å². The van der Waals surface area contributed by atoms with Crippen molar-refractivity contribution in [3.63, 3.8) is 0 Å². The molecule has 0 saturated heterocycles. The van der Waals surface area contributed by atoms with Crippen LogP contribution in [-0.2, 0) is 13.0 Å². The van der Waals surface area contributed by atoms with E-state index in [0.717, 1.165) is 31.3 Å². The van der Waals surface area contributed by atoms with Gasteiger partial charge < -0.3 is 5.32 Å². The quantitative estimate of drug-likeness (QED) is 0.823. The lowest BCUT2D eigenvalue weighted by Gasteiger charge is -2.27. The Bertz CT molecular complexity index is 355. The molecule has 1 aliphatic rings. The first kappa shape index (κ1) is 14.5. The zero-order valence-electron chi connectivity index (χ0n) is 12.4. The maximum absolute atomic E-state index is 4.41. The Morgan fingerprint density at radius 1 is 1.32 bits per heavy atom. The topological polar surface area (TPSA) is 42.7 Å². The van der Waals surface area contributed by atoms with Crippen molar-refractivity contribution in [1.82, 2.24) is 20.1 Å². The van der Waals surface area contributed by atoms with Gasteiger partial charge in [0.05, 0.1) is 0 Å². The third-order valence-corrected chi connectivity index (χ3v) is 4.26. The summed E-state index contributed by atoms with van der Waals surface area (Å²) in [6.45, 7) is 6.27. The first-order chi connectivity index (χ1) is 9.33. The Morgan fingerprint density at radius 2 is 2.11 bits per heavy atom. The molecule has 0 radical (unpaired) electrons. The predicted octanol–water partition coefficient (Wildman–Crippen LogP) is 2.79. The normalized spacial score (nSPS) is 18.6. The van der Waals surface area contributed by atoms with Crippen LogP contribution in [0, 0.1) is 5.92 Å². The molecule has 1 saturated carbocycles. The van der Waals surface area contributed by atoms with Gasteiger partial charge in [0.15, 0.2) is 0 Å². The SMILES string of the molecule is CCNC(Cc1ncnn1CC)CC1CCCCC1. The van der Waals surface area contributed by atoms with Crippen molar-refractivity contribution < 1.29 is 0 Å². The second kappa shape index (κ2) is 7.63. The van der Waals surface area contributed by atoms with Crippen LogP contribution in [0.15, 0.2) is 6.33 Å². The van der Waals surface area contributed by atoms with Crippen LogP contribution in [0.3, 0.4) is 0 Å². The van der Waals surface area contributed by atoms with E-state index in [0.29, 0.717) is 6.04 Å². The van der Waals surface area contributed by atoms with Gasteiger partial charge in [-0.1, -0.05) is 39.0 Å². The van der Waals surface area contributed by atoms with Crippen LogP contribution in [0.4, 0.5) is 0 Å². The summed E-state index contributed by atoms with van der Waals surface area (Å²) in [4.78, 5) is 4.41. The summed E-state index contributed by atoms with van der Waals surface area (Å²) in [5.41, 5.74) is 0. The largest absolute Gasteiger partial charge is 0.314 e. The third-order valence-electron chi connectivity index (χ3n) is 4.26. The maximum Gasteiger partial charge on any atom is 0.138 e. The van der Waals surface area contributed by atoms with Crippen LogP contribution in [0.1, 0.15) is 58.2 Å². The molecule has 1 unspecified atom stereocenters. The van der Waals surface area contributed by atoms with Crippen molar-refractivity contribution >= 4 is 0 Å². The molecule has 0 aromatic carbocycles. The van der Waals surface area contributed by atoms with Gasteiger partial charge in [-0.15, -0.1) is 0 Å². The number of hydrogen-bond donors (Lipinski definition) is 1. The molecule has 1 N–H and O–H groups in total. The fourth-order valence-corrected chi connectivity index (χ4v) is 3.28. The molecule has 0 bridgehead atoms. The van der Waals surface area contributed by atoms with Gasteiger partial charge in [-0.2, -0.15) is 5.10 Å². The van der Waals surface area contributed by atoms with Gasteiger partial charge in [0, 0.05) is 19.0 Å². The van der Waals surface area contributed by atoms with Gasteiger partial charge >= 0.3 is 0 Å². The van der Waals surface area contributed by atoms with Crippen LogP contribution in [0.25, 0.3) is 0 Å². The molecular weight excluding hydrogens is 236 g/mol. The monoisotopic (exact) mass is 264 g/mol. The first-order valence-electron chi connectivity index (χ1n) is 7.93. The molecule has 2 rings (SSSR count). The predicted molar refractivity (Wildman–Crippen MR) is 78.1 cm³/mol. The molecule has 0 spiro atoms. The summed E-state index contributed by atoms with van der Waals surface area (Å²) < 4.78 is 2.02. The highest BCUT2D eigenvalue weighted by molar-refractivity contribution is 4.90. The molecular formula is C15H28N4. The van der Waals surface area contributed by atoms with Crippen molar-refractivity contribution in [3.05, 3.63) is 12.2 Å². The summed E-state index contributed by atoms with van der Waals surface area (Å²) >= 11 is 0. The lowest BCUT2D eigenvalue weighted by atomic mass is 9.84. The number of nitrogens with zero attached hydrogens (tertiary/aromatic N) is 3. The van der Waals surface area contributed by atoms with Crippen LogP contribution < -0.4 is 5.32 Å². The molecule has 1 fully saturated rings. The summed E-state index contributed by atoms with van der Waals surface area (Å²) in [6.07, 6.45) is 11.1. The van der Waals surface area contributed by atoms with Gasteiger partial charge in [-0.3, -0.25) is 4.68 Å². The fourth-order valence-electron chi connectivity index (χ4n) is 3.28. The Labute approximate surface area is 117 Å². The zero-order chi connectivity index (χ0) is 13.5. The summed E-state index contributed by atoms with van der Waals surface area (Å²) in [7, 11) is 0. The highest BCUT2D eigenvalue weighted by Crippen LogP contribution is 2.27. The van der Waals surface area contributed by atoms with Crippen molar-refractivity contribution in [3.8, 4) is 0 Å². The van der Waals surface area contributed by atoms with Crippen LogP contribution in [0.2, 0.25) is 0 Å². The maximum atomic E-state index is 4.41. The number of likely N-dealkylation sites (N-methyl/N-ethyl adjacent to an activating group) is 1. The number of aryl methyl sites for hydroxylation is 1. The van der Waals surface area contributed by atoms with Crippen LogP contribution >= 0.6 is 0 Å². The lowest BCUT2D eigenvalue weighted by Crippen LogP contribution is -2.34. The van der Waals surface area contributed by atoms with E-state index in [1.54, 1.807) is 6.33 Å². The Kier molecular flexibility index (Phi) is 5.83. The number of hydrogen-bond acceptors (Lipinski definition) is 3. The van der Waals surface area contributed by atoms with Gasteiger partial charge in [0.2, 0.25) is 0 Å². The Hall–Kier alpha value is -0.900. The smallest absolute Gasteiger partial charge is 0.138 e. The Balaban J connectivity index is 1.91. The van der Waals surface area contributed by atoms with E-state index in [-0.39, 0.29) is 0 Å². The third kappa shape index (κ3) is 4.30. The van der Waals surface area contributed by atoms with E-state index in [2.05, 4.69) is 29.2 Å². The molecule has 1 aromatic heterocycles. The average molecular weight is 264 g/mol. The summed E-state index contributed by atoms with van der Waals surface area (Å²) in [6, 6.07) is 0.558. The second-order valence-electron chi connectivity index (χ2n) is 5.69. The molecule has 1 heterocycles. The van der Waals surface area contributed by atoms with E-state index < -0.39 is 0 Å². The van der Waals surface area contributed by atoms with Crippen LogP contribution in [-0.4, -0.2) is 27.4 Å². The minimum Gasteiger partial charge on any atom is -0.314 e. The summed E-state index contributed by atoms with van der Waals surface area (Å²) in [5, 5.41) is 7.91. The minimum atomic E-state index is 0.558. The van der Waals surface area contributed by atoms with Crippen molar-refractivity contribution in [2.75, 3.05) is 6.54 Å². The lowest BCUT2D eigenvalue weighted by molar-refractivity contribution is 0.295. The van der Waals surface area contributed by atoms with Crippen LogP contribution in [0.5, 0.6) is 0 Å². The molecule has 108 valence electrons. The highest BCUT2D eigenvalue weighted by atomic mass is 15.3. The molecule has 0 amide bonds. The molecule has 1 aromatic rings. The second-order valence-corrected chi connectivity index (χ2v) is 5.69. The van der Waals surface area contributed by atoms with Crippen molar-refractivity contribution in [1.29, 1.82) is 0 Å².